The lowest BCUT2D eigenvalue weighted by Crippen LogP contribution is -2.29. The molecule has 0 heterocycles. The smallest absolute Gasteiger partial charge is 0.319 e. The van der Waals surface area contributed by atoms with E-state index in [0.29, 0.717) is 17.8 Å². The highest BCUT2D eigenvalue weighted by atomic mass is 16.4. The zero-order valence-corrected chi connectivity index (χ0v) is 12.1. The number of benzene rings is 1. The lowest BCUT2D eigenvalue weighted by atomic mass is 10.2. The summed E-state index contributed by atoms with van der Waals surface area (Å²) in [4.78, 5) is 33.7. The molecule has 4 N–H and O–H groups in total. The molecule has 0 saturated heterocycles. The number of amides is 3. The Morgan fingerprint density at radius 1 is 1.14 bits per heavy atom. The van der Waals surface area contributed by atoms with Crippen molar-refractivity contribution in [3.63, 3.8) is 0 Å². The summed E-state index contributed by atoms with van der Waals surface area (Å²) in [5.41, 5.74) is 1.20. The maximum Gasteiger partial charge on any atom is 0.319 e. The number of carbonyl (C=O) groups is 3. The van der Waals surface area contributed by atoms with Crippen LogP contribution >= 0.6 is 0 Å². The van der Waals surface area contributed by atoms with Gasteiger partial charge in [-0.15, -0.1) is 0 Å². The van der Waals surface area contributed by atoms with Crippen molar-refractivity contribution in [2.75, 3.05) is 17.2 Å². The van der Waals surface area contributed by atoms with Crippen LogP contribution in [0, 0.1) is 5.92 Å². The summed E-state index contributed by atoms with van der Waals surface area (Å²) in [5, 5.41) is 16.5. The average molecular weight is 305 g/mol. The molecule has 1 aromatic carbocycles. The third kappa shape index (κ3) is 5.43. The van der Waals surface area contributed by atoms with E-state index in [1.165, 1.54) is 0 Å². The van der Waals surface area contributed by atoms with Gasteiger partial charge in [-0.25, -0.2) is 4.79 Å². The molecule has 7 nitrogen and oxygen atoms in total. The molecule has 118 valence electrons. The first kappa shape index (κ1) is 15.8. The maximum absolute atomic E-state index is 11.7. The van der Waals surface area contributed by atoms with Crippen LogP contribution in [0.4, 0.5) is 16.2 Å². The minimum Gasteiger partial charge on any atom is -0.481 e. The number of urea groups is 1. The van der Waals surface area contributed by atoms with Gasteiger partial charge in [0.2, 0.25) is 5.91 Å². The minimum absolute atomic E-state index is 0.00951. The predicted octanol–water partition coefficient (Wildman–Crippen LogP) is 2.02. The number of carboxylic acids is 1. The van der Waals surface area contributed by atoms with Gasteiger partial charge in [-0.05, 0) is 37.5 Å². The third-order valence-electron chi connectivity index (χ3n) is 3.19. The molecule has 1 fully saturated rings. The second-order valence-corrected chi connectivity index (χ2v) is 5.22. The lowest BCUT2D eigenvalue weighted by molar-refractivity contribution is -0.137. The maximum atomic E-state index is 11.7. The fourth-order valence-corrected chi connectivity index (χ4v) is 1.88. The average Bonchev–Trinajstić information content (AvgIpc) is 3.28. The molecule has 1 aromatic rings. The fraction of sp³-hybridized carbons (Fsp3) is 0.400. The molecule has 0 unspecified atom stereocenters. The van der Waals surface area contributed by atoms with Crippen LogP contribution in [0.1, 0.15) is 25.7 Å². The Hall–Kier alpha value is -2.57. The zero-order valence-electron chi connectivity index (χ0n) is 12.1. The molecule has 0 aliphatic heterocycles. The zero-order chi connectivity index (χ0) is 15.9. The van der Waals surface area contributed by atoms with Gasteiger partial charge in [-0.1, -0.05) is 6.07 Å². The first-order valence-electron chi connectivity index (χ1n) is 7.22. The van der Waals surface area contributed by atoms with Crippen LogP contribution in [0.2, 0.25) is 0 Å². The van der Waals surface area contributed by atoms with Crippen LogP contribution in [-0.2, 0) is 9.59 Å². The number of rotatable bonds is 7. The van der Waals surface area contributed by atoms with Crippen LogP contribution in [0.15, 0.2) is 24.3 Å². The number of carboxylic acid groups (broad SMARTS) is 1. The van der Waals surface area contributed by atoms with Gasteiger partial charge >= 0.3 is 12.0 Å². The number of anilines is 2. The van der Waals surface area contributed by atoms with E-state index in [1.54, 1.807) is 24.3 Å². The molecule has 1 aliphatic carbocycles. The van der Waals surface area contributed by atoms with Gasteiger partial charge in [-0.2, -0.15) is 0 Å². The van der Waals surface area contributed by atoms with Gasteiger partial charge in [0, 0.05) is 30.3 Å². The molecule has 1 aliphatic rings. The van der Waals surface area contributed by atoms with Gasteiger partial charge in [0.25, 0.3) is 0 Å². The number of hydrogen-bond donors (Lipinski definition) is 4. The van der Waals surface area contributed by atoms with Crippen LogP contribution in [-0.4, -0.2) is 29.6 Å². The van der Waals surface area contributed by atoms with Crippen molar-refractivity contribution in [2.24, 2.45) is 5.92 Å². The Balaban J connectivity index is 1.77. The Morgan fingerprint density at radius 2 is 1.82 bits per heavy atom. The van der Waals surface area contributed by atoms with Crippen molar-refractivity contribution < 1.29 is 19.5 Å². The normalized spacial score (nSPS) is 13.3. The van der Waals surface area contributed by atoms with Gasteiger partial charge in [0.1, 0.15) is 0 Å². The first-order valence-corrected chi connectivity index (χ1v) is 7.22. The van der Waals surface area contributed by atoms with Crippen molar-refractivity contribution in [1.29, 1.82) is 0 Å². The van der Waals surface area contributed by atoms with E-state index >= 15 is 0 Å². The molecular formula is C15H19N3O4. The van der Waals surface area contributed by atoms with Gasteiger partial charge in [0.05, 0.1) is 0 Å². The molecule has 3 amide bonds. The molecule has 0 atom stereocenters. The van der Waals surface area contributed by atoms with Crippen molar-refractivity contribution in [3.05, 3.63) is 24.3 Å². The fourth-order valence-electron chi connectivity index (χ4n) is 1.88. The summed E-state index contributed by atoms with van der Waals surface area (Å²) < 4.78 is 0. The SMILES string of the molecule is O=C(O)CCCNC(=O)Nc1cccc(NC(=O)C2CC2)c1. The monoisotopic (exact) mass is 305 g/mol. The first-order chi connectivity index (χ1) is 10.5. The van der Waals surface area contributed by atoms with Crippen LogP contribution in [0.5, 0.6) is 0 Å². The largest absolute Gasteiger partial charge is 0.481 e. The number of aliphatic carboxylic acids is 1. The highest BCUT2D eigenvalue weighted by molar-refractivity contribution is 5.95. The van der Waals surface area contributed by atoms with Crippen molar-refractivity contribution in [3.8, 4) is 0 Å². The van der Waals surface area contributed by atoms with E-state index in [1.807, 2.05) is 0 Å². The van der Waals surface area contributed by atoms with Crippen LogP contribution < -0.4 is 16.0 Å². The Labute approximate surface area is 128 Å². The summed E-state index contributed by atoms with van der Waals surface area (Å²) in [7, 11) is 0. The molecule has 7 heteroatoms. The third-order valence-corrected chi connectivity index (χ3v) is 3.19. The van der Waals surface area contributed by atoms with Crippen molar-refractivity contribution >= 4 is 29.3 Å². The second-order valence-electron chi connectivity index (χ2n) is 5.22. The molecule has 22 heavy (non-hydrogen) atoms. The molecule has 1 saturated carbocycles. The topological polar surface area (TPSA) is 108 Å². The van der Waals surface area contributed by atoms with Gasteiger partial charge in [0.15, 0.2) is 0 Å². The Bertz CT molecular complexity index is 570. The van der Waals surface area contributed by atoms with Crippen molar-refractivity contribution in [2.45, 2.75) is 25.7 Å². The Morgan fingerprint density at radius 3 is 2.45 bits per heavy atom. The van der Waals surface area contributed by atoms with E-state index in [-0.39, 0.29) is 24.8 Å². The molecule has 0 radical (unpaired) electrons. The standard InChI is InChI=1S/C15H19N3O4/c19-13(20)5-2-8-16-15(22)18-12-4-1-3-11(9-12)17-14(21)10-6-7-10/h1,3-4,9-10H,2,5-8H2,(H,17,21)(H,19,20)(H2,16,18,22). The van der Waals surface area contributed by atoms with Crippen LogP contribution in [0.25, 0.3) is 0 Å². The van der Waals surface area contributed by atoms with Crippen LogP contribution in [0.3, 0.4) is 0 Å². The van der Waals surface area contributed by atoms with E-state index in [0.717, 1.165) is 12.8 Å². The summed E-state index contributed by atoms with van der Waals surface area (Å²) >= 11 is 0. The van der Waals surface area contributed by atoms with Crippen molar-refractivity contribution in [1.82, 2.24) is 5.32 Å². The minimum atomic E-state index is -0.888. The molecular weight excluding hydrogens is 286 g/mol. The lowest BCUT2D eigenvalue weighted by Gasteiger charge is -2.09. The van der Waals surface area contributed by atoms with E-state index in [4.69, 9.17) is 5.11 Å². The Kier molecular flexibility index (Phi) is 5.35. The molecule has 0 bridgehead atoms. The second kappa shape index (κ2) is 7.44. The molecule has 0 spiro atoms. The van der Waals surface area contributed by atoms with Gasteiger partial charge < -0.3 is 21.1 Å². The summed E-state index contributed by atoms with van der Waals surface area (Å²) in [6, 6.07) is 6.48. The van der Waals surface area contributed by atoms with E-state index in [2.05, 4.69) is 16.0 Å². The molecule has 0 aromatic heterocycles. The van der Waals surface area contributed by atoms with E-state index < -0.39 is 12.0 Å². The molecule has 2 rings (SSSR count). The number of hydrogen-bond acceptors (Lipinski definition) is 3. The quantitative estimate of drug-likeness (QED) is 0.578. The summed E-state index contributed by atoms with van der Waals surface area (Å²) in [5.74, 6) is -0.759. The predicted molar refractivity (Wildman–Crippen MR) is 81.7 cm³/mol. The highest BCUT2D eigenvalue weighted by Crippen LogP contribution is 2.30. The summed E-state index contributed by atoms with van der Waals surface area (Å²) in [6.45, 7) is 0.288. The van der Waals surface area contributed by atoms with E-state index in [9.17, 15) is 14.4 Å². The number of nitrogens with one attached hydrogen (secondary N) is 3. The highest BCUT2D eigenvalue weighted by Gasteiger charge is 2.29. The number of carbonyl (C=O) groups excluding carboxylic acids is 2. The van der Waals surface area contributed by atoms with Gasteiger partial charge in [-0.3, -0.25) is 9.59 Å². The summed E-state index contributed by atoms with van der Waals surface area (Å²) in [6.07, 6.45) is 2.26.